The van der Waals surface area contributed by atoms with Crippen LogP contribution in [0.4, 0.5) is 10.8 Å². The Labute approximate surface area is 127 Å². The van der Waals surface area contributed by atoms with E-state index in [2.05, 4.69) is 14.8 Å². The van der Waals surface area contributed by atoms with Crippen molar-refractivity contribution in [3.63, 3.8) is 0 Å². The van der Waals surface area contributed by atoms with Crippen LogP contribution in [0.5, 0.6) is 0 Å². The summed E-state index contributed by atoms with van der Waals surface area (Å²) in [5.41, 5.74) is 7.72. The van der Waals surface area contributed by atoms with Crippen molar-refractivity contribution in [1.29, 1.82) is 0 Å². The highest BCUT2D eigenvalue weighted by Crippen LogP contribution is 2.22. The lowest BCUT2D eigenvalue weighted by atomic mass is 10.2. The van der Waals surface area contributed by atoms with Gasteiger partial charge in [0.05, 0.1) is 10.7 Å². The summed E-state index contributed by atoms with van der Waals surface area (Å²) in [6, 6.07) is 5.89. The number of halogens is 1. The molecule has 1 aliphatic rings. The van der Waals surface area contributed by atoms with Crippen LogP contribution in [0.3, 0.4) is 0 Å². The van der Waals surface area contributed by atoms with Crippen LogP contribution in [0, 0.1) is 0 Å². The van der Waals surface area contributed by atoms with E-state index in [0.29, 0.717) is 10.7 Å². The molecule has 3 rings (SSSR count). The topological polar surface area (TPSA) is 45.4 Å². The molecule has 4 nitrogen and oxygen atoms in total. The van der Waals surface area contributed by atoms with Gasteiger partial charge in [-0.15, -0.1) is 11.3 Å². The van der Waals surface area contributed by atoms with E-state index in [1.807, 2.05) is 29.8 Å². The van der Waals surface area contributed by atoms with Gasteiger partial charge in [-0.25, -0.2) is 4.98 Å². The molecule has 0 bridgehead atoms. The third-order valence-electron chi connectivity index (χ3n) is 3.53. The van der Waals surface area contributed by atoms with Crippen molar-refractivity contribution >= 4 is 33.8 Å². The van der Waals surface area contributed by atoms with E-state index in [1.165, 1.54) is 5.56 Å². The maximum absolute atomic E-state index is 5.95. The minimum absolute atomic E-state index is 0.627. The molecule has 20 heavy (non-hydrogen) atoms. The van der Waals surface area contributed by atoms with E-state index in [1.54, 1.807) is 11.3 Å². The van der Waals surface area contributed by atoms with Crippen molar-refractivity contribution in [2.24, 2.45) is 0 Å². The van der Waals surface area contributed by atoms with Crippen molar-refractivity contribution in [2.75, 3.05) is 36.8 Å². The third kappa shape index (κ3) is 3.06. The van der Waals surface area contributed by atoms with Gasteiger partial charge >= 0.3 is 0 Å². The molecule has 0 unspecified atom stereocenters. The average molecular weight is 309 g/mol. The van der Waals surface area contributed by atoms with E-state index >= 15 is 0 Å². The molecular formula is C14H17ClN4S. The summed E-state index contributed by atoms with van der Waals surface area (Å²) in [4.78, 5) is 9.15. The number of anilines is 2. The van der Waals surface area contributed by atoms with Gasteiger partial charge in [0.25, 0.3) is 0 Å². The number of nitrogen functional groups attached to an aromatic ring is 1. The standard InChI is InChI=1S/C14H17ClN4S/c15-12-2-1-11(9-13(12)16)10-18-4-6-19(7-5-18)14-17-3-8-20-14/h1-3,8-9H,4-7,10,16H2. The van der Waals surface area contributed by atoms with Crippen molar-refractivity contribution in [1.82, 2.24) is 9.88 Å². The second-order valence-electron chi connectivity index (χ2n) is 4.93. The fraction of sp³-hybridized carbons (Fsp3) is 0.357. The van der Waals surface area contributed by atoms with Gasteiger partial charge in [0.1, 0.15) is 0 Å². The van der Waals surface area contributed by atoms with Gasteiger partial charge in [0, 0.05) is 44.3 Å². The molecule has 0 radical (unpaired) electrons. The quantitative estimate of drug-likeness (QED) is 0.886. The zero-order valence-corrected chi connectivity index (χ0v) is 12.7. The molecule has 1 aliphatic heterocycles. The molecule has 0 atom stereocenters. The van der Waals surface area contributed by atoms with Crippen LogP contribution in [0.15, 0.2) is 29.8 Å². The van der Waals surface area contributed by atoms with Crippen LogP contribution in [0.25, 0.3) is 0 Å². The fourth-order valence-corrected chi connectivity index (χ4v) is 3.23. The first-order chi connectivity index (χ1) is 9.72. The summed E-state index contributed by atoms with van der Waals surface area (Å²) in [6.07, 6.45) is 1.86. The predicted molar refractivity (Wildman–Crippen MR) is 85.5 cm³/mol. The Balaban J connectivity index is 1.57. The second-order valence-corrected chi connectivity index (χ2v) is 6.21. The summed E-state index contributed by atoms with van der Waals surface area (Å²) < 4.78 is 0. The Bertz CT molecular complexity index is 565. The van der Waals surface area contributed by atoms with Crippen LogP contribution in [-0.2, 0) is 6.54 Å². The predicted octanol–water partition coefficient (Wildman–Crippen LogP) is 2.70. The molecule has 1 aromatic carbocycles. The fourth-order valence-electron chi connectivity index (χ4n) is 2.42. The molecule has 2 aromatic rings. The van der Waals surface area contributed by atoms with Crippen molar-refractivity contribution in [3.05, 3.63) is 40.4 Å². The number of benzene rings is 1. The van der Waals surface area contributed by atoms with Crippen LogP contribution in [0.1, 0.15) is 5.56 Å². The maximum Gasteiger partial charge on any atom is 0.185 e. The number of hydrogen-bond acceptors (Lipinski definition) is 5. The molecule has 0 saturated carbocycles. The molecular weight excluding hydrogens is 292 g/mol. The number of piperazine rings is 1. The molecule has 1 saturated heterocycles. The first-order valence-corrected chi connectivity index (χ1v) is 7.89. The largest absolute Gasteiger partial charge is 0.398 e. The van der Waals surface area contributed by atoms with Crippen molar-refractivity contribution in [3.8, 4) is 0 Å². The number of nitrogens with two attached hydrogens (primary N) is 1. The monoisotopic (exact) mass is 308 g/mol. The molecule has 0 aliphatic carbocycles. The van der Waals surface area contributed by atoms with Gasteiger partial charge in [-0.3, -0.25) is 4.90 Å². The first-order valence-electron chi connectivity index (χ1n) is 6.63. The third-order valence-corrected chi connectivity index (χ3v) is 4.71. The number of rotatable bonds is 3. The highest BCUT2D eigenvalue weighted by molar-refractivity contribution is 7.13. The van der Waals surface area contributed by atoms with E-state index < -0.39 is 0 Å². The normalized spacial score (nSPS) is 16.6. The summed E-state index contributed by atoms with van der Waals surface area (Å²) in [5, 5.41) is 3.78. The summed E-state index contributed by atoms with van der Waals surface area (Å²) in [6.45, 7) is 5.06. The lowest BCUT2D eigenvalue weighted by Crippen LogP contribution is -2.45. The van der Waals surface area contributed by atoms with Gasteiger partial charge in [-0.2, -0.15) is 0 Å². The zero-order chi connectivity index (χ0) is 13.9. The molecule has 1 fully saturated rings. The molecule has 0 spiro atoms. The maximum atomic E-state index is 5.95. The molecule has 6 heteroatoms. The lowest BCUT2D eigenvalue weighted by molar-refractivity contribution is 0.250. The minimum Gasteiger partial charge on any atom is -0.398 e. The number of thiazole rings is 1. The minimum atomic E-state index is 0.627. The van der Waals surface area contributed by atoms with Gasteiger partial charge in [0.15, 0.2) is 5.13 Å². The summed E-state index contributed by atoms with van der Waals surface area (Å²) in [7, 11) is 0. The SMILES string of the molecule is Nc1cc(CN2CCN(c3nccs3)CC2)ccc1Cl. The highest BCUT2D eigenvalue weighted by atomic mass is 35.5. The van der Waals surface area contributed by atoms with Crippen LogP contribution >= 0.6 is 22.9 Å². The Morgan fingerprint density at radius 1 is 1.25 bits per heavy atom. The number of nitrogens with zero attached hydrogens (tertiary/aromatic N) is 3. The Hall–Kier alpha value is -1.30. The Morgan fingerprint density at radius 3 is 2.70 bits per heavy atom. The average Bonchev–Trinajstić information content (AvgIpc) is 2.98. The molecule has 106 valence electrons. The van der Waals surface area contributed by atoms with E-state index in [0.717, 1.165) is 37.9 Å². The summed E-state index contributed by atoms with van der Waals surface area (Å²) in [5.74, 6) is 0. The first kappa shape index (κ1) is 13.7. The number of aromatic nitrogens is 1. The van der Waals surface area contributed by atoms with Crippen molar-refractivity contribution < 1.29 is 0 Å². The van der Waals surface area contributed by atoms with Crippen LogP contribution in [0.2, 0.25) is 5.02 Å². The summed E-state index contributed by atoms with van der Waals surface area (Å²) >= 11 is 7.65. The highest BCUT2D eigenvalue weighted by Gasteiger charge is 2.18. The van der Waals surface area contributed by atoms with E-state index in [9.17, 15) is 0 Å². The van der Waals surface area contributed by atoms with Gasteiger partial charge in [-0.05, 0) is 17.7 Å². The Kier molecular flexibility index (Phi) is 4.10. The zero-order valence-electron chi connectivity index (χ0n) is 11.1. The molecule has 2 N–H and O–H groups in total. The van der Waals surface area contributed by atoms with Crippen molar-refractivity contribution in [2.45, 2.75) is 6.54 Å². The smallest absolute Gasteiger partial charge is 0.185 e. The molecule has 1 aromatic heterocycles. The second kappa shape index (κ2) is 5.99. The van der Waals surface area contributed by atoms with Gasteiger partial charge in [-0.1, -0.05) is 17.7 Å². The van der Waals surface area contributed by atoms with Gasteiger partial charge in [0.2, 0.25) is 0 Å². The lowest BCUT2D eigenvalue weighted by Gasteiger charge is -2.34. The van der Waals surface area contributed by atoms with Crippen LogP contribution < -0.4 is 10.6 Å². The van der Waals surface area contributed by atoms with E-state index in [-0.39, 0.29) is 0 Å². The molecule has 2 heterocycles. The van der Waals surface area contributed by atoms with Crippen LogP contribution in [-0.4, -0.2) is 36.1 Å². The van der Waals surface area contributed by atoms with Gasteiger partial charge < -0.3 is 10.6 Å². The Morgan fingerprint density at radius 2 is 2.05 bits per heavy atom. The molecule has 0 amide bonds. The number of hydrogen-bond donors (Lipinski definition) is 1. The van der Waals surface area contributed by atoms with E-state index in [4.69, 9.17) is 17.3 Å².